The second-order valence-electron chi connectivity index (χ2n) is 5.84. The predicted octanol–water partition coefficient (Wildman–Crippen LogP) is 2.75. The van der Waals surface area contributed by atoms with Crippen LogP contribution in [0.15, 0.2) is 54.6 Å². The Morgan fingerprint density at radius 1 is 1.08 bits per heavy atom. The van der Waals surface area contributed by atoms with E-state index in [0.717, 1.165) is 16.9 Å². The summed E-state index contributed by atoms with van der Waals surface area (Å²) >= 11 is 0. The Kier molecular flexibility index (Phi) is 6.57. The van der Waals surface area contributed by atoms with Crippen molar-refractivity contribution in [2.45, 2.75) is 33.0 Å². The van der Waals surface area contributed by atoms with E-state index in [1.807, 2.05) is 54.6 Å². The van der Waals surface area contributed by atoms with Gasteiger partial charge in [0.25, 0.3) is 0 Å². The van der Waals surface area contributed by atoms with Crippen molar-refractivity contribution in [2.75, 3.05) is 7.11 Å². The zero-order valence-corrected chi connectivity index (χ0v) is 14.9. The van der Waals surface area contributed by atoms with Gasteiger partial charge in [-0.1, -0.05) is 48.5 Å². The normalized spacial score (nSPS) is 11.5. The molecular weight excluding hydrogens is 316 g/mol. The molecule has 1 N–H and O–H groups in total. The van der Waals surface area contributed by atoms with Gasteiger partial charge < -0.3 is 15.0 Å². The van der Waals surface area contributed by atoms with Crippen LogP contribution in [0.3, 0.4) is 0 Å². The van der Waals surface area contributed by atoms with Crippen molar-refractivity contribution in [3.05, 3.63) is 65.7 Å². The molecule has 0 aliphatic carbocycles. The van der Waals surface area contributed by atoms with E-state index in [-0.39, 0.29) is 11.8 Å². The van der Waals surface area contributed by atoms with Gasteiger partial charge in [0, 0.05) is 25.6 Å². The predicted molar refractivity (Wildman–Crippen MR) is 97.0 cm³/mol. The maximum atomic E-state index is 12.5. The van der Waals surface area contributed by atoms with Crippen molar-refractivity contribution in [1.29, 1.82) is 0 Å². The van der Waals surface area contributed by atoms with Crippen molar-refractivity contribution >= 4 is 11.8 Å². The van der Waals surface area contributed by atoms with Gasteiger partial charge in [0.2, 0.25) is 11.8 Å². The first kappa shape index (κ1) is 18.5. The highest BCUT2D eigenvalue weighted by molar-refractivity contribution is 5.86. The number of nitrogens with zero attached hydrogens (tertiary/aromatic N) is 1. The lowest BCUT2D eigenvalue weighted by molar-refractivity contribution is -0.139. The third-order valence-corrected chi connectivity index (χ3v) is 4.09. The zero-order valence-electron chi connectivity index (χ0n) is 14.9. The quantitative estimate of drug-likeness (QED) is 0.843. The topological polar surface area (TPSA) is 58.6 Å². The molecule has 0 unspecified atom stereocenters. The van der Waals surface area contributed by atoms with E-state index in [2.05, 4.69) is 5.32 Å². The molecule has 0 bridgehead atoms. The SMILES string of the molecule is COc1ccccc1CNC(=O)[C@@H](C)N(Cc1ccccc1)C(C)=O. The van der Waals surface area contributed by atoms with Crippen LogP contribution in [0.2, 0.25) is 0 Å². The lowest BCUT2D eigenvalue weighted by Gasteiger charge is -2.27. The summed E-state index contributed by atoms with van der Waals surface area (Å²) in [5, 5.41) is 2.88. The second kappa shape index (κ2) is 8.87. The number of carbonyl (C=O) groups is 2. The average molecular weight is 340 g/mol. The summed E-state index contributed by atoms with van der Waals surface area (Å²) in [7, 11) is 1.60. The first-order valence-corrected chi connectivity index (χ1v) is 8.23. The van der Waals surface area contributed by atoms with Crippen LogP contribution in [0, 0.1) is 0 Å². The zero-order chi connectivity index (χ0) is 18.2. The third-order valence-electron chi connectivity index (χ3n) is 4.09. The molecule has 2 aromatic rings. The summed E-state index contributed by atoms with van der Waals surface area (Å²) in [6.07, 6.45) is 0. The Labute approximate surface area is 148 Å². The molecular formula is C20H24N2O3. The Bertz CT molecular complexity index is 716. The summed E-state index contributed by atoms with van der Waals surface area (Å²) < 4.78 is 5.29. The largest absolute Gasteiger partial charge is 0.496 e. The highest BCUT2D eigenvalue weighted by Crippen LogP contribution is 2.17. The van der Waals surface area contributed by atoms with Crippen molar-refractivity contribution < 1.29 is 14.3 Å². The molecule has 0 fully saturated rings. The second-order valence-corrected chi connectivity index (χ2v) is 5.84. The Morgan fingerprint density at radius 3 is 2.36 bits per heavy atom. The maximum Gasteiger partial charge on any atom is 0.242 e. The van der Waals surface area contributed by atoms with Gasteiger partial charge in [0.05, 0.1) is 7.11 Å². The van der Waals surface area contributed by atoms with Gasteiger partial charge in [0.15, 0.2) is 0 Å². The van der Waals surface area contributed by atoms with E-state index in [9.17, 15) is 9.59 Å². The highest BCUT2D eigenvalue weighted by atomic mass is 16.5. The Morgan fingerprint density at radius 2 is 1.72 bits per heavy atom. The molecule has 0 saturated carbocycles. The van der Waals surface area contributed by atoms with E-state index >= 15 is 0 Å². The minimum absolute atomic E-state index is 0.135. The highest BCUT2D eigenvalue weighted by Gasteiger charge is 2.23. The van der Waals surface area contributed by atoms with Crippen LogP contribution >= 0.6 is 0 Å². The van der Waals surface area contributed by atoms with E-state index in [1.54, 1.807) is 18.9 Å². The minimum Gasteiger partial charge on any atom is -0.496 e. The summed E-state index contributed by atoms with van der Waals surface area (Å²) in [4.78, 5) is 26.1. The molecule has 0 aliphatic heterocycles. The van der Waals surface area contributed by atoms with Crippen LogP contribution < -0.4 is 10.1 Å². The summed E-state index contributed by atoms with van der Waals surface area (Å²) in [5.41, 5.74) is 1.88. The van der Waals surface area contributed by atoms with Crippen molar-refractivity contribution in [1.82, 2.24) is 10.2 Å². The number of rotatable bonds is 7. The number of nitrogens with one attached hydrogen (secondary N) is 1. The number of carbonyl (C=O) groups excluding carboxylic acids is 2. The van der Waals surface area contributed by atoms with Gasteiger partial charge in [-0.05, 0) is 18.6 Å². The average Bonchev–Trinajstić information content (AvgIpc) is 2.64. The van der Waals surface area contributed by atoms with Gasteiger partial charge in [-0.2, -0.15) is 0 Å². The minimum atomic E-state index is -0.563. The van der Waals surface area contributed by atoms with E-state index in [4.69, 9.17) is 4.74 Å². The van der Waals surface area contributed by atoms with Crippen LogP contribution in [-0.4, -0.2) is 29.9 Å². The number of para-hydroxylation sites is 1. The molecule has 0 spiro atoms. The van der Waals surface area contributed by atoms with Crippen molar-refractivity contribution in [3.63, 3.8) is 0 Å². The van der Waals surface area contributed by atoms with Gasteiger partial charge >= 0.3 is 0 Å². The van der Waals surface area contributed by atoms with Gasteiger partial charge in [0.1, 0.15) is 11.8 Å². The lowest BCUT2D eigenvalue weighted by Crippen LogP contribution is -2.46. The molecule has 0 heterocycles. The number of methoxy groups -OCH3 is 1. The molecule has 0 aliphatic rings. The van der Waals surface area contributed by atoms with Crippen molar-refractivity contribution in [2.24, 2.45) is 0 Å². The number of hydrogen-bond acceptors (Lipinski definition) is 3. The molecule has 2 rings (SSSR count). The van der Waals surface area contributed by atoms with E-state index in [1.165, 1.54) is 6.92 Å². The van der Waals surface area contributed by atoms with Crippen LogP contribution in [0.25, 0.3) is 0 Å². The van der Waals surface area contributed by atoms with Gasteiger partial charge in [-0.25, -0.2) is 0 Å². The fourth-order valence-corrected chi connectivity index (χ4v) is 2.62. The van der Waals surface area contributed by atoms with Crippen LogP contribution in [0.1, 0.15) is 25.0 Å². The molecule has 5 heteroatoms. The fourth-order valence-electron chi connectivity index (χ4n) is 2.62. The summed E-state index contributed by atoms with van der Waals surface area (Å²) in [5.74, 6) is 0.393. The lowest BCUT2D eigenvalue weighted by atomic mass is 10.1. The first-order valence-electron chi connectivity index (χ1n) is 8.23. The number of benzene rings is 2. The first-order chi connectivity index (χ1) is 12.0. The standard InChI is InChI=1S/C20H24N2O3/c1-15(22(16(2)23)14-17-9-5-4-6-10-17)20(24)21-13-18-11-7-8-12-19(18)25-3/h4-12,15H,13-14H2,1-3H3,(H,21,24)/t15-/m1/s1. The fraction of sp³-hybridized carbons (Fsp3) is 0.300. The summed E-state index contributed by atoms with van der Waals surface area (Å²) in [6.45, 7) is 3.97. The van der Waals surface area contributed by atoms with Crippen molar-refractivity contribution in [3.8, 4) is 5.75 Å². The molecule has 1 atom stereocenters. The molecule has 0 aromatic heterocycles. The number of amides is 2. The number of hydrogen-bond donors (Lipinski definition) is 1. The molecule has 0 saturated heterocycles. The maximum absolute atomic E-state index is 12.5. The molecule has 2 aromatic carbocycles. The van der Waals surface area contributed by atoms with Crippen LogP contribution in [-0.2, 0) is 22.7 Å². The molecule has 132 valence electrons. The van der Waals surface area contributed by atoms with Crippen LogP contribution in [0.5, 0.6) is 5.75 Å². The smallest absolute Gasteiger partial charge is 0.242 e. The molecule has 2 amide bonds. The molecule has 0 radical (unpaired) electrons. The monoisotopic (exact) mass is 340 g/mol. The van der Waals surface area contributed by atoms with E-state index in [0.29, 0.717) is 13.1 Å². The van der Waals surface area contributed by atoms with Gasteiger partial charge in [-0.3, -0.25) is 9.59 Å². The Hall–Kier alpha value is -2.82. The van der Waals surface area contributed by atoms with E-state index < -0.39 is 6.04 Å². The summed E-state index contributed by atoms with van der Waals surface area (Å²) in [6, 6.07) is 16.6. The van der Waals surface area contributed by atoms with Crippen LogP contribution in [0.4, 0.5) is 0 Å². The molecule has 5 nitrogen and oxygen atoms in total. The Balaban J connectivity index is 2.02. The third kappa shape index (κ3) is 5.08. The molecule has 25 heavy (non-hydrogen) atoms. The number of ether oxygens (including phenoxy) is 1. The van der Waals surface area contributed by atoms with Gasteiger partial charge in [-0.15, -0.1) is 0 Å².